The molecule has 6 aromatic rings. The van der Waals surface area contributed by atoms with Crippen molar-refractivity contribution in [1.29, 1.82) is 0 Å². The van der Waals surface area contributed by atoms with Crippen LogP contribution in [0.4, 0.5) is 23.1 Å². The molecule has 4 aromatic carbocycles. The Morgan fingerprint density at radius 2 is 1.48 bits per heavy atom. The average molecular weight is 652 g/mol. The van der Waals surface area contributed by atoms with E-state index in [0.717, 1.165) is 16.8 Å². The second kappa shape index (κ2) is 13.4. The van der Waals surface area contributed by atoms with Crippen molar-refractivity contribution in [2.24, 2.45) is 0 Å². The van der Waals surface area contributed by atoms with Gasteiger partial charge in [0.15, 0.2) is 26.8 Å². The number of hydrogen-bond donors (Lipinski definition) is 2. The van der Waals surface area contributed by atoms with Crippen LogP contribution in [0.1, 0.15) is 11.1 Å². The fourth-order valence-corrected chi connectivity index (χ4v) is 5.70. The Morgan fingerprint density at radius 3 is 2.09 bits per heavy atom. The molecule has 232 valence electrons. The van der Waals surface area contributed by atoms with Crippen molar-refractivity contribution in [3.05, 3.63) is 127 Å². The summed E-state index contributed by atoms with van der Waals surface area (Å²) >= 11 is 5.71. The second-order valence-electron chi connectivity index (χ2n) is 10.6. The first-order valence-electron chi connectivity index (χ1n) is 14.4. The zero-order chi connectivity index (χ0) is 32.1. The van der Waals surface area contributed by atoms with E-state index in [-0.39, 0.29) is 16.7 Å². The standard InChI is InChI=1S/C34H30ClN7O3S/c1-46(44,45)29-17-15-26(16-18-29)38-34-39-32(41(21-24-9-4-2-5-10-24)22-25-11-6-3-7-12-25)31-33(40-34)42(23-36-31)28-14-8-13-27(19-28)37-30(43)20-35/h2-19,23H,20-22H2,1H3,(H,37,43)(H,38,39,40). The third-order valence-corrected chi connectivity index (χ3v) is 8.55. The number of hydrogen-bond acceptors (Lipinski definition) is 8. The van der Waals surface area contributed by atoms with E-state index in [9.17, 15) is 13.2 Å². The van der Waals surface area contributed by atoms with E-state index in [1.165, 1.54) is 6.26 Å². The normalized spacial score (nSPS) is 11.3. The zero-order valence-electron chi connectivity index (χ0n) is 24.8. The van der Waals surface area contributed by atoms with Gasteiger partial charge in [0.25, 0.3) is 0 Å². The molecule has 0 aliphatic rings. The van der Waals surface area contributed by atoms with Gasteiger partial charge < -0.3 is 15.5 Å². The van der Waals surface area contributed by atoms with Crippen molar-refractivity contribution >= 4 is 61.7 Å². The summed E-state index contributed by atoms with van der Waals surface area (Å²) in [5.41, 5.74) is 5.23. The second-order valence-corrected chi connectivity index (χ2v) is 12.9. The van der Waals surface area contributed by atoms with Gasteiger partial charge in [0.05, 0.1) is 10.6 Å². The smallest absolute Gasteiger partial charge is 0.239 e. The molecule has 0 fully saturated rings. The van der Waals surface area contributed by atoms with E-state index in [2.05, 4.69) is 39.8 Å². The SMILES string of the molecule is CS(=O)(=O)c1ccc(Nc2nc(N(Cc3ccccc3)Cc3ccccc3)c3ncn(-c4cccc(NC(=O)CCl)c4)c3n2)cc1. The average Bonchev–Trinajstić information content (AvgIpc) is 3.49. The lowest BCUT2D eigenvalue weighted by molar-refractivity contribution is -0.113. The predicted molar refractivity (Wildman–Crippen MR) is 182 cm³/mol. The number of fused-ring (bicyclic) bond motifs is 1. The fourth-order valence-electron chi connectivity index (χ4n) is 5.01. The van der Waals surface area contributed by atoms with E-state index in [0.29, 0.717) is 47.4 Å². The highest BCUT2D eigenvalue weighted by Crippen LogP contribution is 2.30. The van der Waals surface area contributed by atoms with Gasteiger partial charge in [-0.15, -0.1) is 11.6 Å². The van der Waals surface area contributed by atoms with Crippen LogP contribution in [0.25, 0.3) is 16.9 Å². The Bertz CT molecular complexity index is 2050. The maximum absolute atomic E-state index is 12.0. The van der Waals surface area contributed by atoms with Gasteiger partial charge in [-0.1, -0.05) is 66.7 Å². The minimum Gasteiger partial charge on any atom is -0.346 e. The molecule has 0 spiro atoms. The molecule has 0 unspecified atom stereocenters. The number of amides is 1. The number of carbonyl (C=O) groups excluding carboxylic acids is 1. The third kappa shape index (κ3) is 7.17. The highest BCUT2D eigenvalue weighted by atomic mass is 35.5. The molecule has 2 aromatic heterocycles. The highest BCUT2D eigenvalue weighted by molar-refractivity contribution is 7.90. The Balaban J connectivity index is 1.48. The zero-order valence-corrected chi connectivity index (χ0v) is 26.4. The van der Waals surface area contributed by atoms with Crippen LogP contribution in [-0.4, -0.2) is 46.0 Å². The summed E-state index contributed by atoms with van der Waals surface area (Å²) in [6, 6.07) is 34.0. The van der Waals surface area contributed by atoms with Gasteiger partial charge in [-0.2, -0.15) is 9.97 Å². The van der Waals surface area contributed by atoms with Crippen LogP contribution in [0, 0.1) is 0 Å². The lowest BCUT2D eigenvalue weighted by Crippen LogP contribution is -2.24. The number of anilines is 4. The van der Waals surface area contributed by atoms with Gasteiger partial charge in [0.2, 0.25) is 11.9 Å². The van der Waals surface area contributed by atoms with Crippen molar-refractivity contribution < 1.29 is 13.2 Å². The highest BCUT2D eigenvalue weighted by Gasteiger charge is 2.21. The van der Waals surface area contributed by atoms with E-state index in [1.54, 1.807) is 36.7 Å². The number of nitrogens with one attached hydrogen (secondary N) is 2. The largest absolute Gasteiger partial charge is 0.346 e. The molecule has 0 aliphatic heterocycles. The van der Waals surface area contributed by atoms with Gasteiger partial charge in [0.1, 0.15) is 12.2 Å². The summed E-state index contributed by atoms with van der Waals surface area (Å²) in [5, 5.41) is 6.04. The third-order valence-electron chi connectivity index (χ3n) is 7.18. The maximum Gasteiger partial charge on any atom is 0.239 e. The predicted octanol–water partition coefficient (Wildman–Crippen LogP) is 6.35. The molecule has 0 bridgehead atoms. The van der Waals surface area contributed by atoms with Crippen molar-refractivity contribution in [2.75, 3.05) is 27.7 Å². The van der Waals surface area contributed by atoms with Gasteiger partial charge in [-0.25, -0.2) is 13.4 Å². The first-order valence-corrected chi connectivity index (χ1v) is 16.8. The summed E-state index contributed by atoms with van der Waals surface area (Å²) in [6.45, 7) is 1.11. The van der Waals surface area contributed by atoms with E-state index in [4.69, 9.17) is 26.6 Å². The molecule has 2 N–H and O–H groups in total. The molecule has 10 nitrogen and oxygen atoms in total. The van der Waals surface area contributed by atoms with Gasteiger partial charge >= 0.3 is 0 Å². The van der Waals surface area contributed by atoms with Crippen molar-refractivity contribution in [1.82, 2.24) is 19.5 Å². The summed E-state index contributed by atoms with van der Waals surface area (Å²) in [4.78, 5) is 29.0. The van der Waals surface area contributed by atoms with Crippen molar-refractivity contribution in [3.8, 4) is 5.69 Å². The Kier molecular flexibility index (Phi) is 8.95. The number of benzene rings is 4. The molecule has 46 heavy (non-hydrogen) atoms. The van der Waals surface area contributed by atoms with Crippen LogP contribution in [0.2, 0.25) is 0 Å². The quantitative estimate of drug-likeness (QED) is 0.156. The first-order chi connectivity index (χ1) is 22.3. The minimum absolute atomic E-state index is 0.159. The molecule has 0 aliphatic carbocycles. The number of sulfone groups is 1. The molecule has 12 heteroatoms. The molecule has 0 saturated heterocycles. The number of aromatic nitrogens is 4. The van der Waals surface area contributed by atoms with Crippen LogP contribution in [0.3, 0.4) is 0 Å². The first kappa shape index (κ1) is 30.8. The maximum atomic E-state index is 12.0. The van der Waals surface area contributed by atoms with Crippen molar-refractivity contribution in [2.45, 2.75) is 18.0 Å². The molecule has 2 heterocycles. The van der Waals surface area contributed by atoms with E-state index >= 15 is 0 Å². The monoisotopic (exact) mass is 651 g/mol. The van der Waals surface area contributed by atoms with Gasteiger partial charge in [-0.05, 0) is 53.6 Å². The summed E-state index contributed by atoms with van der Waals surface area (Å²) in [5.74, 6) is 0.436. The number of halogens is 1. The Morgan fingerprint density at radius 1 is 0.826 bits per heavy atom. The van der Waals surface area contributed by atoms with Gasteiger partial charge in [0, 0.05) is 30.7 Å². The molecular formula is C34H30ClN7O3S. The van der Waals surface area contributed by atoms with E-state index < -0.39 is 9.84 Å². The van der Waals surface area contributed by atoms with Crippen LogP contribution in [-0.2, 0) is 27.7 Å². The molecular weight excluding hydrogens is 622 g/mol. The summed E-state index contributed by atoms with van der Waals surface area (Å²) in [6.07, 6.45) is 2.85. The number of alkyl halides is 1. The fraction of sp³-hybridized carbons (Fsp3) is 0.118. The number of nitrogens with zero attached hydrogens (tertiary/aromatic N) is 5. The lowest BCUT2D eigenvalue weighted by Gasteiger charge is -2.25. The number of rotatable bonds is 11. The minimum atomic E-state index is -3.35. The Hall–Kier alpha value is -5.26. The molecule has 0 saturated carbocycles. The van der Waals surface area contributed by atoms with Crippen LogP contribution >= 0.6 is 11.6 Å². The number of carbonyl (C=O) groups is 1. The summed E-state index contributed by atoms with van der Waals surface area (Å²) in [7, 11) is -3.35. The van der Waals surface area contributed by atoms with Crippen molar-refractivity contribution in [3.63, 3.8) is 0 Å². The lowest BCUT2D eigenvalue weighted by atomic mass is 10.1. The van der Waals surface area contributed by atoms with Crippen LogP contribution in [0.15, 0.2) is 120 Å². The van der Waals surface area contributed by atoms with Gasteiger partial charge in [-0.3, -0.25) is 9.36 Å². The van der Waals surface area contributed by atoms with E-state index in [1.807, 2.05) is 59.2 Å². The number of imidazole rings is 1. The molecule has 6 rings (SSSR count). The Labute approximate surface area is 271 Å². The van der Waals surface area contributed by atoms with Crippen LogP contribution in [0.5, 0.6) is 0 Å². The summed E-state index contributed by atoms with van der Waals surface area (Å²) < 4.78 is 25.9. The topological polar surface area (TPSA) is 122 Å². The molecule has 0 atom stereocenters. The molecule has 1 amide bonds. The van der Waals surface area contributed by atoms with Crippen LogP contribution < -0.4 is 15.5 Å². The molecule has 0 radical (unpaired) electrons.